The minimum Gasteiger partial charge on any atom is -0.371 e. The summed E-state index contributed by atoms with van der Waals surface area (Å²) in [5.41, 5.74) is 2.58. The van der Waals surface area contributed by atoms with Gasteiger partial charge in [0.25, 0.3) is 0 Å². The molecule has 1 aromatic rings. The van der Waals surface area contributed by atoms with Gasteiger partial charge in [-0.15, -0.1) is 0 Å². The largest absolute Gasteiger partial charge is 0.371 e. The Morgan fingerprint density at radius 3 is 2.60 bits per heavy atom. The number of nitrogens with one attached hydrogen (secondary N) is 1. The highest BCUT2D eigenvalue weighted by molar-refractivity contribution is 5.80. The van der Waals surface area contributed by atoms with Gasteiger partial charge in [0.05, 0.1) is 6.04 Å². The Morgan fingerprint density at radius 2 is 1.95 bits per heavy atom. The molecule has 4 heteroatoms. The summed E-state index contributed by atoms with van der Waals surface area (Å²) in [5.74, 6) is 0.114. The average molecular weight is 275 g/mol. The minimum absolute atomic E-state index is 0.114. The van der Waals surface area contributed by atoms with Gasteiger partial charge in [-0.3, -0.25) is 4.79 Å². The number of benzene rings is 1. The molecule has 1 amide bonds. The maximum Gasteiger partial charge on any atom is 0.238 e. The van der Waals surface area contributed by atoms with Gasteiger partial charge in [0.1, 0.15) is 0 Å². The fourth-order valence-corrected chi connectivity index (χ4v) is 2.66. The van der Waals surface area contributed by atoms with Crippen molar-refractivity contribution in [1.82, 2.24) is 10.2 Å². The van der Waals surface area contributed by atoms with Crippen LogP contribution in [0, 0.1) is 0 Å². The third-order valence-corrected chi connectivity index (χ3v) is 3.85. The zero-order valence-corrected chi connectivity index (χ0v) is 12.7. The number of para-hydroxylation sites is 1. The molecule has 1 fully saturated rings. The van der Waals surface area contributed by atoms with Crippen molar-refractivity contribution in [3.63, 3.8) is 0 Å². The zero-order valence-electron chi connectivity index (χ0n) is 12.7. The smallest absolute Gasteiger partial charge is 0.238 e. The summed E-state index contributed by atoms with van der Waals surface area (Å²) >= 11 is 0. The normalized spacial score (nSPS) is 16.2. The maximum absolute atomic E-state index is 11.9. The molecule has 0 aliphatic carbocycles. The third-order valence-electron chi connectivity index (χ3n) is 3.85. The van der Waals surface area contributed by atoms with E-state index in [9.17, 15) is 4.79 Å². The molecular formula is C16H25N3O. The van der Waals surface area contributed by atoms with Crippen LogP contribution in [0.5, 0.6) is 0 Å². The highest BCUT2D eigenvalue weighted by Crippen LogP contribution is 2.24. The second-order valence-electron chi connectivity index (χ2n) is 5.66. The molecule has 0 aromatic heterocycles. The Hall–Kier alpha value is -1.55. The summed E-state index contributed by atoms with van der Waals surface area (Å²) < 4.78 is 0. The lowest BCUT2D eigenvalue weighted by Gasteiger charge is -2.23. The van der Waals surface area contributed by atoms with E-state index in [1.54, 1.807) is 19.0 Å². The fourth-order valence-electron chi connectivity index (χ4n) is 2.66. The SMILES string of the molecule is CC(NCc1ccccc1N1CCCC1)C(=O)N(C)C. The molecule has 0 saturated carbocycles. The summed E-state index contributed by atoms with van der Waals surface area (Å²) in [5, 5.41) is 3.33. The molecule has 110 valence electrons. The lowest BCUT2D eigenvalue weighted by molar-refractivity contribution is -0.130. The predicted octanol–water partition coefficient (Wildman–Crippen LogP) is 1.85. The van der Waals surface area contributed by atoms with Gasteiger partial charge in [0, 0.05) is 39.4 Å². The number of anilines is 1. The number of hydrogen-bond donors (Lipinski definition) is 1. The molecule has 1 aromatic carbocycles. The molecule has 1 heterocycles. The van der Waals surface area contributed by atoms with Gasteiger partial charge in [-0.1, -0.05) is 18.2 Å². The van der Waals surface area contributed by atoms with Gasteiger partial charge in [0.15, 0.2) is 0 Å². The molecule has 2 rings (SSSR count). The molecule has 1 aliphatic heterocycles. The van der Waals surface area contributed by atoms with Crippen molar-refractivity contribution < 1.29 is 4.79 Å². The van der Waals surface area contributed by atoms with E-state index in [0.717, 1.165) is 19.6 Å². The Labute approximate surface area is 121 Å². The van der Waals surface area contributed by atoms with E-state index in [0.29, 0.717) is 0 Å². The van der Waals surface area contributed by atoms with E-state index >= 15 is 0 Å². The number of likely N-dealkylation sites (N-methyl/N-ethyl adjacent to an activating group) is 1. The van der Waals surface area contributed by atoms with E-state index in [-0.39, 0.29) is 11.9 Å². The van der Waals surface area contributed by atoms with Crippen molar-refractivity contribution in [3.05, 3.63) is 29.8 Å². The van der Waals surface area contributed by atoms with Crippen molar-refractivity contribution in [1.29, 1.82) is 0 Å². The fraction of sp³-hybridized carbons (Fsp3) is 0.562. The van der Waals surface area contributed by atoms with E-state index in [2.05, 4.69) is 34.5 Å². The molecule has 0 radical (unpaired) electrons. The molecule has 1 saturated heterocycles. The lowest BCUT2D eigenvalue weighted by atomic mass is 10.1. The third kappa shape index (κ3) is 3.51. The summed E-state index contributed by atoms with van der Waals surface area (Å²) in [6, 6.07) is 8.33. The quantitative estimate of drug-likeness (QED) is 0.891. The van der Waals surface area contributed by atoms with E-state index in [4.69, 9.17) is 0 Å². The predicted molar refractivity (Wildman–Crippen MR) is 82.9 cm³/mol. The van der Waals surface area contributed by atoms with Crippen molar-refractivity contribution in [3.8, 4) is 0 Å². The van der Waals surface area contributed by atoms with E-state index in [1.165, 1.54) is 24.1 Å². The molecule has 4 nitrogen and oxygen atoms in total. The lowest BCUT2D eigenvalue weighted by Crippen LogP contribution is -2.41. The maximum atomic E-state index is 11.9. The monoisotopic (exact) mass is 275 g/mol. The Morgan fingerprint density at radius 1 is 1.30 bits per heavy atom. The van der Waals surface area contributed by atoms with Gasteiger partial charge < -0.3 is 15.1 Å². The first-order chi connectivity index (χ1) is 9.59. The molecule has 1 unspecified atom stereocenters. The topological polar surface area (TPSA) is 35.6 Å². The van der Waals surface area contributed by atoms with Crippen LogP contribution < -0.4 is 10.2 Å². The minimum atomic E-state index is -0.156. The average Bonchev–Trinajstić information content (AvgIpc) is 2.98. The van der Waals surface area contributed by atoms with Crippen LogP contribution >= 0.6 is 0 Å². The number of rotatable bonds is 5. The molecule has 0 bridgehead atoms. The van der Waals surface area contributed by atoms with Crippen LogP contribution in [-0.2, 0) is 11.3 Å². The van der Waals surface area contributed by atoms with Crippen LogP contribution in [0.1, 0.15) is 25.3 Å². The highest BCUT2D eigenvalue weighted by atomic mass is 16.2. The van der Waals surface area contributed by atoms with Crippen LogP contribution in [-0.4, -0.2) is 44.0 Å². The molecular weight excluding hydrogens is 250 g/mol. The van der Waals surface area contributed by atoms with Crippen LogP contribution in [0.25, 0.3) is 0 Å². The Balaban J connectivity index is 2.00. The van der Waals surface area contributed by atoms with Gasteiger partial charge in [0.2, 0.25) is 5.91 Å². The summed E-state index contributed by atoms with van der Waals surface area (Å²) in [6.45, 7) is 4.93. The van der Waals surface area contributed by atoms with Crippen molar-refractivity contribution in [2.45, 2.75) is 32.4 Å². The summed E-state index contributed by atoms with van der Waals surface area (Å²) in [7, 11) is 3.58. The molecule has 0 spiro atoms. The zero-order chi connectivity index (χ0) is 14.5. The molecule has 1 N–H and O–H groups in total. The van der Waals surface area contributed by atoms with Crippen molar-refractivity contribution >= 4 is 11.6 Å². The summed E-state index contributed by atoms with van der Waals surface area (Å²) in [6.07, 6.45) is 2.55. The number of carbonyl (C=O) groups is 1. The number of nitrogens with zero attached hydrogens (tertiary/aromatic N) is 2. The van der Waals surface area contributed by atoms with Crippen molar-refractivity contribution in [2.24, 2.45) is 0 Å². The van der Waals surface area contributed by atoms with Crippen LogP contribution in [0.3, 0.4) is 0 Å². The first kappa shape index (κ1) is 14.9. The second-order valence-corrected chi connectivity index (χ2v) is 5.66. The highest BCUT2D eigenvalue weighted by Gasteiger charge is 2.17. The first-order valence-electron chi connectivity index (χ1n) is 7.37. The van der Waals surface area contributed by atoms with Crippen LogP contribution in [0.4, 0.5) is 5.69 Å². The van der Waals surface area contributed by atoms with Crippen LogP contribution in [0.15, 0.2) is 24.3 Å². The van der Waals surface area contributed by atoms with Gasteiger partial charge in [-0.2, -0.15) is 0 Å². The number of carbonyl (C=O) groups excluding carboxylic acids is 1. The van der Waals surface area contributed by atoms with Crippen molar-refractivity contribution in [2.75, 3.05) is 32.1 Å². The van der Waals surface area contributed by atoms with E-state index < -0.39 is 0 Å². The van der Waals surface area contributed by atoms with E-state index in [1.807, 2.05) is 6.92 Å². The molecule has 20 heavy (non-hydrogen) atoms. The van der Waals surface area contributed by atoms with Gasteiger partial charge >= 0.3 is 0 Å². The first-order valence-corrected chi connectivity index (χ1v) is 7.37. The Kier molecular flexibility index (Phi) is 5.01. The second kappa shape index (κ2) is 6.75. The number of hydrogen-bond acceptors (Lipinski definition) is 3. The van der Waals surface area contributed by atoms with Gasteiger partial charge in [-0.25, -0.2) is 0 Å². The number of amides is 1. The molecule has 1 atom stereocenters. The van der Waals surface area contributed by atoms with Crippen LogP contribution in [0.2, 0.25) is 0 Å². The standard InChI is InChI=1S/C16H25N3O/c1-13(16(20)18(2)3)17-12-14-8-4-5-9-15(14)19-10-6-7-11-19/h4-5,8-9,13,17H,6-7,10-12H2,1-3H3. The Bertz CT molecular complexity index is 453. The summed E-state index contributed by atoms with van der Waals surface area (Å²) in [4.78, 5) is 15.9. The van der Waals surface area contributed by atoms with Gasteiger partial charge in [-0.05, 0) is 31.4 Å². The molecule has 1 aliphatic rings.